The Labute approximate surface area is 368 Å². The molecule has 0 N–H and O–H groups in total. The van der Waals surface area contributed by atoms with Crippen LogP contribution in [0.1, 0.15) is 303 Å². The molecular formula is C53H102O6. The van der Waals surface area contributed by atoms with Gasteiger partial charge < -0.3 is 14.2 Å². The second-order valence-corrected chi connectivity index (χ2v) is 18.2. The fraction of sp³-hybridized carbons (Fsp3) is 0.943. The van der Waals surface area contributed by atoms with Crippen LogP contribution in [0.4, 0.5) is 0 Å². The van der Waals surface area contributed by atoms with Crippen molar-refractivity contribution in [2.75, 3.05) is 13.2 Å². The number of esters is 3. The quantitative estimate of drug-likeness (QED) is 0.0345. The summed E-state index contributed by atoms with van der Waals surface area (Å²) in [5.74, 6) is -0.856. The Kier molecular flexibility index (Phi) is 47.7. The molecule has 0 saturated heterocycles. The zero-order valence-corrected chi connectivity index (χ0v) is 40.1. The third-order valence-corrected chi connectivity index (χ3v) is 12.1. The first-order chi connectivity index (χ1) is 29.0. The first kappa shape index (κ1) is 57.4. The van der Waals surface area contributed by atoms with Crippen LogP contribution >= 0.6 is 0 Å². The predicted molar refractivity (Wildman–Crippen MR) is 252 cm³/mol. The van der Waals surface area contributed by atoms with E-state index in [1.54, 1.807) is 0 Å². The summed E-state index contributed by atoms with van der Waals surface area (Å²) in [6.07, 6.45) is 52.7. The Hall–Kier alpha value is -1.59. The predicted octanol–water partition coefficient (Wildman–Crippen LogP) is 17.2. The summed E-state index contributed by atoms with van der Waals surface area (Å²) in [7, 11) is 0. The van der Waals surface area contributed by atoms with Crippen LogP contribution in [0.2, 0.25) is 0 Å². The third kappa shape index (κ3) is 47.3. The van der Waals surface area contributed by atoms with E-state index in [0.717, 1.165) is 64.2 Å². The fourth-order valence-electron chi connectivity index (χ4n) is 8.09. The van der Waals surface area contributed by atoms with Crippen molar-refractivity contribution in [3.63, 3.8) is 0 Å². The molecule has 0 aliphatic rings. The Bertz CT molecular complexity index is 874. The van der Waals surface area contributed by atoms with Gasteiger partial charge in [0.2, 0.25) is 0 Å². The van der Waals surface area contributed by atoms with Crippen LogP contribution in [0.25, 0.3) is 0 Å². The molecule has 0 amide bonds. The maximum absolute atomic E-state index is 12.7. The summed E-state index contributed by atoms with van der Waals surface area (Å²) < 4.78 is 16.7. The molecule has 1 atom stereocenters. The molecule has 0 spiro atoms. The van der Waals surface area contributed by atoms with Crippen molar-refractivity contribution in [2.24, 2.45) is 0 Å². The smallest absolute Gasteiger partial charge is 0.306 e. The lowest BCUT2D eigenvalue weighted by Crippen LogP contribution is -2.30. The molecule has 350 valence electrons. The van der Waals surface area contributed by atoms with Gasteiger partial charge in [0.15, 0.2) is 6.10 Å². The molecular weight excluding hydrogens is 733 g/mol. The van der Waals surface area contributed by atoms with E-state index in [-0.39, 0.29) is 31.1 Å². The van der Waals surface area contributed by atoms with Crippen molar-refractivity contribution >= 4 is 17.9 Å². The van der Waals surface area contributed by atoms with Gasteiger partial charge in [0.1, 0.15) is 13.2 Å². The standard InChI is InChI=1S/C53H102O6/c1-4-7-10-13-15-17-19-21-23-25-26-28-30-32-34-36-38-41-44-47-53(56)59-50(48-57-51(54)45-42-39-12-9-6-3)49-58-52(55)46-43-40-37-35-33-31-29-27-24-22-20-18-16-14-11-8-5-2/h50H,4-49H2,1-3H3/t50-/m0/s1. The molecule has 0 aromatic carbocycles. The van der Waals surface area contributed by atoms with Crippen LogP contribution in [0.15, 0.2) is 0 Å². The minimum Gasteiger partial charge on any atom is -0.462 e. The van der Waals surface area contributed by atoms with Gasteiger partial charge in [-0.25, -0.2) is 0 Å². The number of unbranched alkanes of at least 4 members (excludes halogenated alkanes) is 38. The molecule has 0 aliphatic carbocycles. The number of carbonyl (C=O) groups is 3. The van der Waals surface area contributed by atoms with Gasteiger partial charge in [0.05, 0.1) is 0 Å². The van der Waals surface area contributed by atoms with Crippen LogP contribution in [-0.2, 0) is 28.6 Å². The first-order valence-electron chi connectivity index (χ1n) is 26.5. The van der Waals surface area contributed by atoms with Crippen LogP contribution < -0.4 is 0 Å². The van der Waals surface area contributed by atoms with Crippen LogP contribution in [-0.4, -0.2) is 37.2 Å². The molecule has 0 heterocycles. The number of ether oxygens (including phenoxy) is 3. The maximum Gasteiger partial charge on any atom is 0.306 e. The van der Waals surface area contributed by atoms with Gasteiger partial charge in [-0.05, 0) is 19.3 Å². The first-order valence-corrected chi connectivity index (χ1v) is 26.5. The van der Waals surface area contributed by atoms with Crippen molar-refractivity contribution in [3.05, 3.63) is 0 Å². The molecule has 0 aromatic rings. The molecule has 0 saturated carbocycles. The summed E-state index contributed by atoms with van der Waals surface area (Å²) in [5.41, 5.74) is 0. The Morgan fingerprint density at radius 2 is 0.458 bits per heavy atom. The molecule has 0 fully saturated rings. The van der Waals surface area contributed by atoms with E-state index < -0.39 is 6.10 Å². The highest BCUT2D eigenvalue weighted by atomic mass is 16.6. The van der Waals surface area contributed by atoms with E-state index in [4.69, 9.17) is 14.2 Å². The topological polar surface area (TPSA) is 78.9 Å². The molecule has 6 nitrogen and oxygen atoms in total. The zero-order chi connectivity index (χ0) is 43.0. The van der Waals surface area contributed by atoms with Crippen LogP contribution in [0, 0.1) is 0 Å². The van der Waals surface area contributed by atoms with Gasteiger partial charge >= 0.3 is 17.9 Å². The number of hydrogen-bond acceptors (Lipinski definition) is 6. The van der Waals surface area contributed by atoms with Crippen molar-refractivity contribution in [3.8, 4) is 0 Å². The van der Waals surface area contributed by atoms with Gasteiger partial charge in [0.25, 0.3) is 0 Å². The van der Waals surface area contributed by atoms with E-state index in [1.165, 1.54) is 199 Å². The number of carbonyl (C=O) groups excluding carboxylic acids is 3. The normalized spacial score (nSPS) is 11.8. The molecule has 6 heteroatoms. The fourth-order valence-corrected chi connectivity index (χ4v) is 8.09. The highest BCUT2D eigenvalue weighted by molar-refractivity contribution is 5.71. The molecule has 0 radical (unpaired) electrons. The lowest BCUT2D eigenvalue weighted by molar-refractivity contribution is -0.167. The Morgan fingerprint density at radius 1 is 0.271 bits per heavy atom. The van der Waals surface area contributed by atoms with Crippen LogP contribution in [0.3, 0.4) is 0 Å². The van der Waals surface area contributed by atoms with Gasteiger partial charge in [-0.15, -0.1) is 0 Å². The largest absolute Gasteiger partial charge is 0.462 e. The van der Waals surface area contributed by atoms with E-state index in [2.05, 4.69) is 20.8 Å². The summed E-state index contributed by atoms with van der Waals surface area (Å²) in [6, 6.07) is 0. The summed E-state index contributed by atoms with van der Waals surface area (Å²) in [4.78, 5) is 37.7. The highest BCUT2D eigenvalue weighted by Gasteiger charge is 2.19. The minimum absolute atomic E-state index is 0.0630. The molecule has 0 aliphatic heterocycles. The highest BCUT2D eigenvalue weighted by Crippen LogP contribution is 2.17. The average Bonchev–Trinajstić information content (AvgIpc) is 3.23. The zero-order valence-electron chi connectivity index (χ0n) is 40.1. The average molecular weight is 835 g/mol. The second kappa shape index (κ2) is 49.1. The SMILES string of the molecule is CCCCCCCCCCCCCCCCCCCCCC(=O)O[C@@H](COC(=O)CCCCCCC)COC(=O)CCCCCCCCCCCCCCCCCCC. The summed E-state index contributed by atoms with van der Waals surface area (Å²) in [6.45, 7) is 6.61. The van der Waals surface area contributed by atoms with Crippen molar-refractivity contribution in [2.45, 2.75) is 309 Å². The van der Waals surface area contributed by atoms with E-state index in [9.17, 15) is 14.4 Å². The lowest BCUT2D eigenvalue weighted by Gasteiger charge is -2.18. The number of hydrogen-bond donors (Lipinski definition) is 0. The van der Waals surface area contributed by atoms with E-state index >= 15 is 0 Å². The van der Waals surface area contributed by atoms with Gasteiger partial charge in [-0.1, -0.05) is 265 Å². The molecule has 59 heavy (non-hydrogen) atoms. The van der Waals surface area contributed by atoms with Crippen molar-refractivity contribution < 1.29 is 28.6 Å². The minimum atomic E-state index is -0.758. The van der Waals surface area contributed by atoms with Gasteiger partial charge in [0, 0.05) is 19.3 Å². The Morgan fingerprint density at radius 3 is 0.678 bits per heavy atom. The van der Waals surface area contributed by atoms with E-state index in [1.807, 2.05) is 0 Å². The third-order valence-electron chi connectivity index (χ3n) is 12.1. The maximum atomic E-state index is 12.7. The summed E-state index contributed by atoms with van der Waals surface area (Å²) >= 11 is 0. The molecule has 0 rings (SSSR count). The van der Waals surface area contributed by atoms with Crippen LogP contribution in [0.5, 0.6) is 0 Å². The van der Waals surface area contributed by atoms with Gasteiger partial charge in [-0.2, -0.15) is 0 Å². The molecule has 0 bridgehead atoms. The summed E-state index contributed by atoms with van der Waals surface area (Å²) in [5, 5.41) is 0. The monoisotopic (exact) mass is 835 g/mol. The van der Waals surface area contributed by atoms with E-state index in [0.29, 0.717) is 19.3 Å². The van der Waals surface area contributed by atoms with Gasteiger partial charge in [-0.3, -0.25) is 14.4 Å². The second-order valence-electron chi connectivity index (χ2n) is 18.2. The number of rotatable bonds is 49. The van der Waals surface area contributed by atoms with Crippen molar-refractivity contribution in [1.82, 2.24) is 0 Å². The lowest BCUT2D eigenvalue weighted by atomic mass is 10.0. The molecule has 0 unspecified atom stereocenters. The van der Waals surface area contributed by atoms with Crippen molar-refractivity contribution in [1.29, 1.82) is 0 Å². The molecule has 0 aromatic heterocycles. The Balaban J connectivity index is 4.08.